The van der Waals surface area contributed by atoms with Crippen LogP contribution in [-0.2, 0) is 0 Å². The second-order valence-electron chi connectivity index (χ2n) is 15.1. The molecule has 4 saturated carbocycles. The molecule has 5 aliphatic carbocycles. The Kier molecular flexibility index (Phi) is 4.84. The second-order valence-corrected chi connectivity index (χ2v) is 15.1. The summed E-state index contributed by atoms with van der Waals surface area (Å²) in [5.41, 5.74) is 4.39. The summed E-state index contributed by atoms with van der Waals surface area (Å²) in [6.45, 7) is 23.8. The van der Waals surface area contributed by atoms with E-state index in [-0.39, 0.29) is 0 Å². The molecule has 0 aromatic rings. The Labute approximate surface area is 194 Å². The Hall–Kier alpha value is -0.260. The minimum absolute atomic E-state index is 0.511. The van der Waals surface area contributed by atoms with Gasteiger partial charge in [0.1, 0.15) is 0 Å². The number of fused-ring (bicyclic) bond motifs is 7. The molecule has 0 radical (unpaired) electrons. The molecule has 0 aliphatic heterocycles. The van der Waals surface area contributed by atoms with Gasteiger partial charge in [-0.3, -0.25) is 0 Å². The van der Waals surface area contributed by atoms with E-state index < -0.39 is 0 Å². The molecular weight excluding hydrogens is 372 g/mol. The van der Waals surface area contributed by atoms with E-state index in [0.717, 1.165) is 35.5 Å². The maximum absolute atomic E-state index is 2.80. The van der Waals surface area contributed by atoms with Gasteiger partial charge < -0.3 is 0 Å². The lowest BCUT2D eigenvalue weighted by atomic mass is 9.31. The topological polar surface area (TPSA) is 0 Å². The van der Waals surface area contributed by atoms with E-state index in [1.807, 2.05) is 0 Å². The molecule has 0 heteroatoms. The van der Waals surface area contributed by atoms with Gasteiger partial charge in [0.2, 0.25) is 0 Å². The molecule has 10 atom stereocenters. The van der Waals surface area contributed by atoms with E-state index in [4.69, 9.17) is 0 Å². The Balaban J connectivity index is 1.55. The van der Waals surface area contributed by atoms with E-state index in [0.29, 0.717) is 27.1 Å². The molecule has 0 aromatic carbocycles. The van der Waals surface area contributed by atoms with Gasteiger partial charge in [-0.2, -0.15) is 0 Å². The maximum atomic E-state index is 2.80. The van der Waals surface area contributed by atoms with Crippen molar-refractivity contribution in [1.29, 1.82) is 0 Å². The first-order valence-corrected chi connectivity index (χ1v) is 14.0. The SMILES string of the molecule is CC1=CCC2(C)CCC3(C)C(CCC4C5(C)CCC(C)C(C)(C)C5CCC43C)C2C1C. The predicted octanol–water partition coefficient (Wildman–Crippen LogP) is 9.30. The molecule has 5 rings (SSSR count). The molecular formula is C31H52. The third-order valence-corrected chi connectivity index (χ3v) is 14.1. The first-order valence-electron chi connectivity index (χ1n) is 14.0. The summed E-state index contributed by atoms with van der Waals surface area (Å²) < 4.78 is 0. The zero-order valence-corrected chi connectivity index (χ0v) is 22.4. The van der Waals surface area contributed by atoms with Gasteiger partial charge in [0.05, 0.1) is 0 Å². The van der Waals surface area contributed by atoms with Crippen LogP contribution in [-0.4, -0.2) is 0 Å². The van der Waals surface area contributed by atoms with Crippen molar-refractivity contribution < 1.29 is 0 Å². The molecule has 31 heavy (non-hydrogen) atoms. The lowest BCUT2D eigenvalue weighted by Gasteiger charge is -2.73. The highest BCUT2D eigenvalue weighted by atomic mass is 14.7. The van der Waals surface area contributed by atoms with Gasteiger partial charge in [-0.05, 0) is 127 Å². The van der Waals surface area contributed by atoms with Gasteiger partial charge in [0, 0.05) is 0 Å². The molecule has 0 bridgehead atoms. The molecule has 10 unspecified atom stereocenters. The fourth-order valence-corrected chi connectivity index (χ4v) is 11.5. The van der Waals surface area contributed by atoms with Gasteiger partial charge in [-0.1, -0.05) is 67.0 Å². The zero-order chi connectivity index (χ0) is 22.6. The van der Waals surface area contributed by atoms with Crippen LogP contribution < -0.4 is 0 Å². The summed E-state index contributed by atoms with van der Waals surface area (Å²) in [6, 6.07) is 0. The molecule has 0 spiro atoms. The normalized spacial score (nSPS) is 58.3. The lowest BCUT2D eigenvalue weighted by molar-refractivity contribution is -0.245. The Bertz CT molecular complexity index is 773. The predicted molar refractivity (Wildman–Crippen MR) is 134 cm³/mol. The smallest absolute Gasteiger partial charge is 0.0198 e. The van der Waals surface area contributed by atoms with E-state index in [9.17, 15) is 0 Å². The van der Waals surface area contributed by atoms with Crippen molar-refractivity contribution in [3.8, 4) is 0 Å². The quantitative estimate of drug-likeness (QED) is 0.340. The highest BCUT2D eigenvalue weighted by Crippen LogP contribution is 2.77. The van der Waals surface area contributed by atoms with Crippen molar-refractivity contribution in [1.82, 2.24) is 0 Å². The summed E-state index contributed by atoms with van der Waals surface area (Å²) in [7, 11) is 0. The van der Waals surface area contributed by atoms with Gasteiger partial charge in [-0.15, -0.1) is 0 Å². The van der Waals surface area contributed by atoms with Gasteiger partial charge in [-0.25, -0.2) is 0 Å². The van der Waals surface area contributed by atoms with Gasteiger partial charge in [0.25, 0.3) is 0 Å². The third kappa shape index (κ3) is 2.66. The van der Waals surface area contributed by atoms with Crippen molar-refractivity contribution in [3.05, 3.63) is 11.6 Å². The summed E-state index contributed by atoms with van der Waals surface area (Å²) in [5, 5.41) is 0. The minimum atomic E-state index is 0.511. The Morgan fingerprint density at radius 1 is 0.742 bits per heavy atom. The van der Waals surface area contributed by atoms with Crippen LogP contribution in [0.4, 0.5) is 0 Å². The van der Waals surface area contributed by atoms with Crippen LogP contribution in [0.25, 0.3) is 0 Å². The van der Waals surface area contributed by atoms with Crippen LogP contribution in [0, 0.1) is 62.6 Å². The van der Waals surface area contributed by atoms with Crippen LogP contribution >= 0.6 is 0 Å². The highest BCUT2D eigenvalue weighted by Gasteiger charge is 2.69. The average molecular weight is 425 g/mol. The van der Waals surface area contributed by atoms with E-state index in [2.05, 4.69) is 68.4 Å². The molecule has 0 amide bonds. The summed E-state index contributed by atoms with van der Waals surface area (Å²) in [6.07, 6.45) is 15.8. The molecule has 5 aliphatic rings. The third-order valence-electron chi connectivity index (χ3n) is 14.1. The largest absolute Gasteiger partial charge is 0.0848 e. The highest BCUT2D eigenvalue weighted by molar-refractivity contribution is 5.22. The summed E-state index contributed by atoms with van der Waals surface area (Å²) in [5.74, 6) is 5.37. The van der Waals surface area contributed by atoms with Crippen LogP contribution in [0.1, 0.15) is 120 Å². The van der Waals surface area contributed by atoms with Crippen LogP contribution in [0.2, 0.25) is 0 Å². The number of rotatable bonds is 0. The van der Waals surface area contributed by atoms with Crippen LogP contribution in [0.5, 0.6) is 0 Å². The van der Waals surface area contributed by atoms with Gasteiger partial charge >= 0.3 is 0 Å². The van der Waals surface area contributed by atoms with E-state index in [1.165, 1.54) is 57.8 Å². The monoisotopic (exact) mass is 424 g/mol. The fraction of sp³-hybridized carbons (Fsp3) is 0.935. The summed E-state index contributed by atoms with van der Waals surface area (Å²) in [4.78, 5) is 0. The number of hydrogen-bond acceptors (Lipinski definition) is 0. The van der Waals surface area contributed by atoms with Crippen molar-refractivity contribution in [2.75, 3.05) is 0 Å². The maximum Gasteiger partial charge on any atom is -0.0198 e. The molecule has 0 saturated heterocycles. The molecule has 0 nitrogen and oxygen atoms in total. The number of allylic oxidation sites excluding steroid dienone is 2. The van der Waals surface area contributed by atoms with Crippen molar-refractivity contribution in [2.45, 2.75) is 120 Å². The number of hydrogen-bond donors (Lipinski definition) is 0. The first-order chi connectivity index (χ1) is 14.3. The lowest BCUT2D eigenvalue weighted by Crippen LogP contribution is -2.66. The Morgan fingerprint density at radius 2 is 1.45 bits per heavy atom. The minimum Gasteiger partial charge on any atom is -0.0848 e. The van der Waals surface area contributed by atoms with Gasteiger partial charge in [0.15, 0.2) is 0 Å². The molecule has 0 aromatic heterocycles. The van der Waals surface area contributed by atoms with E-state index >= 15 is 0 Å². The molecule has 0 heterocycles. The van der Waals surface area contributed by atoms with E-state index in [1.54, 1.807) is 5.57 Å². The average Bonchev–Trinajstić information content (AvgIpc) is 2.69. The fourth-order valence-electron chi connectivity index (χ4n) is 11.5. The molecule has 0 N–H and O–H groups in total. The standard InChI is InChI=1S/C31H52/c1-20-12-15-28(6)18-19-30(8)23(26(28)22(20)3)10-11-25-29(7)16-13-21(2)27(4,5)24(29)14-17-31(25,30)9/h12,21-26H,10-11,13-19H2,1-9H3. The Morgan fingerprint density at radius 3 is 2.16 bits per heavy atom. The van der Waals surface area contributed by atoms with Crippen molar-refractivity contribution in [2.24, 2.45) is 62.6 Å². The molecule has 4 fully saturated rings. The first kappa shape index (κ1) is 22.5. The van der Waals surface area contributed by atoms with Crippen LogP contribution in [0.15, 0.2) is 11.6 Å². The zero-order valence-electron chi connectivity index (χ0n) is 22.4. The van der Waals surface area contributed by atoms with Crippen molar-refractivity contribution in [3.63, 3.8) is 0 Å². The van der Waals surface area contributed by atoms with Crippen molar-refractivity contribution >= 4 is 0 Å². The summed E-state index contributed by atoms with van der Waals surface area (Å²) >= 11 is 0. The second kappa shape index (κ2) is 6.66. The van der Waals surface area contributed by atoms with Crippen LogP contribution in [0.3, 0.4) is 0 Å². The molecule has 176 valence electrons.